The van der Waals surface area contributed by atoms with E-state index in [1.54, 1.807) is 0 Å². The lowest BCUT2D eigenvalue weighted by molar-refractivity contribution is -0.130. The van der Waals surface area contributed by atoms with Crippen LogP contribution in [0.1, 0.15) is 32.1 Å². The zero-order valence-electron chi connectivity index (χ0n) is 8.21. The lowest BCUT2D eigenvalue weighted by atomic mass is 9.68. The van der Waals surface area contributed by atoms with Crippen molar-refractivity contribution in [3.63, 3.8) is 0 Å². The standard InChI is InChI=1S/C10H16N2OS/c11-8(14)10(4-1-5-10)9(13)12-6-7-2-3-7/h7H,1-6H2,(H2,11,14)(H,12,13). The maximum atomic E-state index is 11.8. The second kappa shape index (κ2) is 3.50. The maximum absolute atomic E-state index is 11.8. The van der Waals surface area contributed by atoms with Crippen molar-refractivity contribution in [2.24, 2.45) is 17.1 Å². The predicted molar refractivity (Wildman–Crippen MR) is 58.8 cm³/mol. The molecule has 2 aliphatic rings. The first-order chi connectivity index (χ1) is 6.65. The van der Waals surface area contributed by atoms with Gasteiger partial charge < -0.3 is 11.1 Å². The van der Waals surface area contributed by atoms with Crippen LogP contribution in [-0.4, -0.2) is 17.4 Å². The van der Waals surface area contributed by atoms with Crippen LogP contribution in [0.5, 0.6) is 0 Å². The topological polar surface area (TPSA) is 55.1 Å². The summed E-state index contributed by atoms with van der Waals surface area (Å²) in [6.45, 7) is 0.809. The molecule has 78 valence electrons. The van der Waals surface area contributed by atoms with Crippen LogP contribution in [0.4, 0.5) is 0 Å². The second-order valence-corrected chi connectivity index (χ2v) is 4.89. The summed E-state index contributed by atoms with van der Waals surface area (Å²) >= 11 is 4.97. The van der Waals surface area contributed by atoms with Crippen LogP contribution < -0.4 is 11.1 Å². The minimum atomic E-state index is -0.496. The fraction of sp³-hybridized carbons (Fsp3) is 0.800. The molecule has 0 spiro atoms. The SMILES string of the molecule is NC(=S)C1(C(=O)NCC2CC2)CCC1. The molecule has 3 N–H and O–H groups in total. The van der Waals surface area contributed by atoms with Crippen molar-refractivity contribution in [2.75, 3.05) is 6.54 Å². The first kappa shape index (κ1) is 9.90. The summed E-state index contributed by atoms with van der Waals surface area (Å²) in [7, 11) is 0. The van der Waals surface area contributed by atoms with Gasteiger partial charge in [0.05, 0.1) is 10.4 Å². The highest BCUT2D eigenvalue weighted by Gasteiger charge is 2.47. The lowest BCUT2D eigenvalue weighted by Crippen LogP contribution is -2.53. The number of hydrogen-bond acceptors (Lipinski definition) is 2. The molecule has 14 heavy (non-hydrogen) atoms. The van der Waals surface area contributed by atoms with E-state index >= 15 is 0 Å². The van der Waals surface area contributed by atoms with Crippen molar-refractivity contribution in [1.29, 1.82) is 0 Å². The van der Waals surface area contributed by atoms with E-state index in [-0.39, 0.29) is 5.91 Å². The molecule has 0 radical (unpaired) electrons. The van der Waals surface area contributed by atoms with Crippen molar-refractivity contribution < 1.29 is 4.79 Å². The van der Waals surface area contributed by atoms with Crippen LogP contribution in [0.2, 0.25) is 0 Å². The van der Waals surface area contributed by atoms with Gasteiger partial charge in [-0.15, -0.1) is 0 Å². The summed E-state index contributed by atoms with van der Waals surface area (Å²) in [6.07, 6.45) is 5.23. The van der Waals surface area contributed by atoms with Crippen LogP contribution in [0.3, 0.4) is 0 Å². The Morgan fingerprint density at radius 1 is 1.50 bits per heavy atom. The third-order valence-electron chi connectivity index (χ3n) is 3.36. The minimum absolute atomic E-state index is 0.0585. The van der Waals surface area contributed by atoms with E-state index in [1.807, 2.05) is 0 Å². The number of carbonyl (C=O) groups excluding carboxylic acids is 1. The molecule has 2 rings (SSSR count). The van der Waals surface area contributed by atoms with Crippen LogP contribution in [0, 0.1) is 11.3 Å². The number of thiocarbonyl (C=S) groups is 1. The molecule has 0 aromatic carbocycles. The van der Waals surface area contributed by atoms with E-state index in [0.717, 1.165) is 25.8 Å². The molecular formula is C10H16N2OS. The van der Waals surface area contributed by atoms with Gasteiger partial charge in [0, 0.05) is 6.54 Å². The average molecular weight is 212 g/mol. The number of nitrogens with two attached hydrogens (primary N) is 1. The monoisotopic (exact) mass is 212 g/mol. The first-order valence-electron chi connectivity index (χ1n) is 5.23. The summed E-state index contributed by atoms with van der Waals surface area (Å²) in [5, 5.41) is 2.96. The largest absolute Gasteiger partial charge is 0.392 e. The van der Waals surface area contributed by atoms with Gasteiger partial charge in [0.25, 0.3) is 0 Å². The molecular weight excluding hydrogens is 196 g/mol. The Labute approximate surface area is 89.4 Å². The van der Waals surface area contributed by atoms with E-state index < -0.39 is 5.41 Å². The lowest BCUT2D eigenvalue weighted by Gasteiger charge is -2.39. The molecule has 1 amide bonds. The molecule has 2 fully saturated rings. The Bertz CT molecular complexity index is 269. The van der Waals surface area contributed by atoms with Crippen molar-refractivity contribution in [2.45, 2.75) is 32.1 Å². The fourth-order valence-electron chi connectivity index (χ4n) is 1.84. The molecule has 0 heterocycles. The molecule has 0 atom stereocenters. The summed E-state index contributed by atoms with van der Waals surface area (Å²) < 4.78 is 0. The van der Waals surface area contributed by atoms with E-state index in [1.165, 1.54) is 12.8 Å². The first-order valence-corrected chi connectivity index (χ1v) is 5.64. The smallest absolute Gasteiger partial charge is 0.233 e. The number of hydrogen-bond donors (Lipinski definition) is 2. The molecule has 2 saturated carbocycles. The molecule has 3 nitrogen and oxygen atoms in total. The maximum Gasteiger partial charge on any atom is 0.233 e. The molecule has 0 saturated heterocycles. The van der Waals surface area contributed by atoms with Crippen LogP contribution in [0.25, 0.3) is 0 Å². The van der Waals surface area contributed by atoms with Gasteiger partial charge in [-0.1, -0.05) is 18.6 Å². The third kappa shape index (κ3) is 1.63. The van der Waals surface area contributed by atoms with Gasteiger partial charge in [0.1, 0.15) is 0 Å². The highest BCUT2D eigenvalue weighted by atomic mass is 32.1. The molecule has 0 aliphatic heterocycles. The molecule has 0 bridgehead atoms. The normalized spacial score (nSPS) is 23.7. The van der Waals surface area contributed by atoms with Crippen LogP contribution in [-0.2, 0) is 4.79 Å². The Kier molecular flexibility index (Phi) is 2.47. The molecule has 0 aromatic heterocycles. The summed E-state index contributed by atoms with van der Waals surface area (Å²) in [5.74, 6) is 0.769. The van der Waals surface area contributed by atoms with Gasteiger partial charge >= 0.3 is 0 Å². The minimum Gasteiger partial charge on any atom is -0.392 e. The third-order valence-corrected chi connectivity index (χ3v) is 3.75. The van der Waals surface area contributed by atoms with Gasteiger partial charge in [-0.3, -0.25) is 4.79 Å². The van der Waals surface area contributed by atoms with Gasteiger partial charge in [0.2, 0.25) is 5.91 Å². The average Bonchev–Trinajstić information content (AvgIpc) is 2.80. The molecule has 4 heteroatoms. The Morgan fingerprint density at radius 3 is 2.50 bits per heavy atom. The summed E-state index contributed by atoms with van der Waals surface area (Å²) in [6, 6.07) is 0. The molecule has 0 unspecified atom stereocenters. The van der Waals surface area contributed by atoms with Crippen LogP contribution in [0.15, 0.2) is 0 Å². The van der Waals surface area contributed by atoms with Crippen molar-refractivity contribution >= 4 is 23.1 Å². The van der Waals surface area contributed by atoms with Gasteiger partial charge in [-0.25, -0.2) is 0 Å². The van der Waals surface area contributed by atoms with Crippen LogP contribution >= 0.6 is 12.2 Å². The Balaban J connectivity index is 1.90. The fourth-order valence-corrected chi connectivity index (χ4v) is 2.14. The van der Waals surface area contributed by atoms with Gasteiger partial charge in [-0.2, -0.15) is 0 Å². The predicted octanol–water partition coefficient (Wildman–Crippen LogP) is 0.969. The quantitative estimate of drug-likeness (QED) is 0.683. The van der Waals surface area contributed by atoms with E-state index in [4.69, 9.17) is 18.0 Å². The van der Waals surface area contributed by atoms with Gasteiger partial charge in [-0.05, 0) is 31.6 Å². The number of carbonyl (C=O) groups is 1. The van der Waals surface area contributed by atoms with Crippen molar-refractivity contribution in [3.05, 3.63) is 0 Å². The Hall–Kier alpha value is -0.640. The number of amides is 1. The highest BCUT2D eigenvalue weighted by Crippen LogP contribution is 2.41. The molecule has 0 aromatic rings. The number of nitrogens with one attached hydrogen (secondary N) is 1. The number of rotatable bonds is 4. The molecule has 2 aliphatic carbocycles. The highest BCUT2D eigenvalue weighted by molar-refractivity contribution is 7.80. The zero-order valence-corrected chi connectivity index (χ0v) is 9.03. The summed E-state index contributed by atoms with van der Waals surface area (Å²) in [5.41, 5.74) is 5.13. The van der Waals surface area contributed by atoms with Crippen molar-refractivity contribution in [1.82, 2.24) is 5.32 Å². The zero-order chi connectivity index (χ0) is 10.2. The van der Waals surface area contributed by atoms with Crippen molar-refractivity contribution in [3.8, 4) is 0 Å². The summed E-state index contributed by atoms with van der Waals surface area (Å²) in [4.78, 5) is 12.2. The van der Waals surface area contributed by atoms with E-state index in [2.05, 4.69) is 5.32 Å². The second-order valence-electron chi connectivity index (χ2n) is 4.45. The van der Waals surface area contributed by atoms with E-state index in [9.17, 15) is 4.79 Å². The Morgan fingerprint density at radius 2 is 2.14 bits per heavy atom. The van der Waals surface area contributed by atoms with Gasteiger partial charge in [0.15, 0.2) is 0 Å². The van der Waals surface area contributed by atoms with E-state index in [0.29, 0.717) is 10.9 Å².